The maximum atomic E-state index is 12.1. The molecule has 1 aliphatic rings. The Bertz CT molecular complexity index is 536. The highest BCUT2D eigenvalue weighted by Crippen LogP contribution is 2.18. The fourth-order valence-corrected chi connectivity index (χ4v) is 2.42. The number of urea groups is 1. The molecule has 6 nitrogen and oxygen atoms in total. The monoisotopic (exact) mass is 304 g/mol. The van der Waals surface area contributed by atoms with E-state index in [0.717, 1.165) is 0 Å². The number of rotatable bonds is 3. The molecule has 3 amide bonds. The van der Waals surface area contributed by atoms with E-state index >= 15 is 0 Å². The van der Waals surface area contributed by atoms with Crippen LogP contribution in [0.3, 0.4) is 0 Å². The molecule has 0 unspecified atom stereocenters. The molecule has 1 fully saturated rings. The molecule has 1 N–H and O–H groups in total. The highest BCUT2D eigenvalue weighted by atomic mass is 16.5. The van der Waals surface area contributed by atoms with E-state index in [-0.39, 0.29) is 11.9 Å². The lowest BCUT2D eigenvalue weighted by atomic mass is 9.97. The largest absolute Gasteiger partial charge is 0.466 e. The highest BCUT2D eigenvalue weighted by molar-refractivity contribution is 6.04. The zero-order valence-electron chi connectivity index (χ0n) is 12.6. The summed E-state index contributed by atoms with van der Waals surface area (Å²) in [5, 5.41) is 2.37. The summed E-state index contributed by atoms with van der Waals surface area (Å²) in [6.07, 6.45) is 1.12. The van der Waals surface area contributed by atoms with Crippen molar-refractivity contribution in [3.63, 3.8) is 0 Å². The minimum Gasteiger partial charge on any atom is -0.466 e. The quantitative estimate of drug-likeness (QED) is 0.864. The Morgan fingerprint density at radius 2 is 1.82 bits per heavy atom. The van der Waals surface area contributed by atoms with Crippen LogP contribution < -0.4 is 5.32 Å². The van der Waals surface area contributed by atoms with Crippen LogP contribution >= 0.6 is 0 Å². The van der Waals surface area contributed by atoms with E-state index in [1.54, 1.807) is 42.2 Å². The Labute approximate surface area is 129 Å². The van der Waals surface area contributed by atoms with Crippen molar-refractivity contribution in [2.24, 2.45) is 5.92 Å². The zero-order chi connectivity index (χ0) is 15.9. The van der Waals surface area contributed by atoms with Gasteiger partial charge in [0.05, 0.1) is 12.5 Å². The third-order valence-electron chi connectivity index (χ3n) is 3.66. The third kappa shape index (κ3) is 4.07. The van der Waals surface area contributed by atoms with Gasteiger partial charge in [0.25, 0.3) is 5.91 Å². The van der Waals surface area contributed by atoms with Gasteiger partial charge in [0, 0.05) is 18.7 Å². The molecular formula is C16H20N2O4. The van der Waals surface area contributed by atoms with Gasteiger partial charge in [0.1, 0.15) is 0 Å². The van der Waals surface area contributed by atoms with Crippen LogP contribution in [0.25, 0.3) is 0 Å². The average Bonchev–Trinajstić information content (AvgIpc) is 2.56. The summed E-state index contributed by atoms with van der Waals surface area (Å²) in [6, 6.07) is 8.16. The predicted molar refractivity (Wildman–Crippen MR) is 80.2 cm³/mol. The van der Waals surface area contributed by atoms with Gasteiger partial charge >= 0.3 is 12.0 Å². The lowest BCUT2D eigenvalue weighted by molar-refractivity contribution is -0.149. The number of amides is 3. The number of hydrogen-bond acceptors (Lipinski definition) is 4. The van der Waals surface area contributed by atoms with Gasteiger partial charge in [-0.3, -0.25) is 14.9 Å². The Kier molecular flexibility index (Phi) is 5.52. The molecule has 1 aromatic carbocycles. The number of likely N-dealkylation sites (tertiary alicyclic amines) is 1. The van der Waals surface area contributed by atoms with Gasteiger partial charge in [-0.1, -0.05) is 18.2 Å². The molecule has 22 heavy (non-hydrogen) atoms. The second-order valence-corrected chi connectivity index (χ2v) is 5.14. The molecule has 118 valence electrons. The molecule has 0 atom stereocenters. The molecule has 2 rings (SSSR count). The van der Waals surface area contributed by atoms with E-state index in [1.165, 1.54) is 0 Å². The van der Waals surface area contributed by atoms with Gasteiger partial charge in [-0.05, 0) is 31.9 Å². The Hall–Kier alpha value is -2.37. The summed E-state index contributed by atoms with van der Waals surface area (Å²) in [7, 11) is 0. The number of carbonyl (C=O) groups is 3. The number of esters is 1. The summed E-state index contributed by atoms with van der Waals surface area (Å²) in [6.45, 7) is 3.02. The van der Waals surface area contributed by atoms with Crippen molar-refractivity contribution in [2.75, 3.05) is 19.7 Å². The number of imide groups is 1. The number of nitrogens with zero attached hydrogens (tertiary/aromatic N) is 1. The molecule has 1 aromatic rings. The smallest absolute Gasteiger partial charge is 0.324 e. The first-order valence-corrected chi connectivity index (χ1v) is 7.43. The van der Waals surface area contributed by atoms with E-state index in [9.17, 15) is 14.4 Å². The summed E-state index contributed by atoms with van der Waals surface area (Å²) in [4.78, 5) is 37.2. The number of carbonyl (C=O) groups excluding carboxylic acids is 3. The van der Waals surface area contributed by atoms with Crippen molar-refractivity contribution in [1.82, 2.24) is 10.2 Å². The average molecular weight is 304 g/mol. The van der Waals surface area contributed by atoms with Crippen LogP contribution in [0, 0.1) is 5.92 Å². The first-order valence-electron chi connectivity index (χ1n) is 7.43. The second-order valence-electron chi connectivity index (χ2n) is 5.14. The van der Waals surface area contributed by atoms with Gasteiger partial charge in [0.2, 0.25) is 0 Å². The molecule has 0 aliphatic carbocycles. The number of piperidine rings is 1. The van der Waals surface area contributed by atoms with Crippen molar-refractivity contribution in [1.29, 1.82) is 0 Å². The van der Waals surface area contributed by atoms with Crippen LogP contribution in [-0.4, -0.2) is 42.5 Å². The van der Waals surface area contributed by atoms with Crippen molar-refractivity contribution >= 4 is 17.9 Å². The summed E-state index contributed by atoms with van der Waals surface area (Å²) >= 11 is 0. The van der Waals surface area contributed by atoms with Crippen LogP contribution in [0.5, 0.6) is 0 Å². The minimum atomic E-state index is -0.420. The second kappa shape index (κ2) is 7.59. The molecule has 0 aromatic heterocycles. The van der Waals surface area contributed by atoms with Crippen molar-refractivity contribution in [3.8, 4) is 0 Å². The van der Waals surface area contributed by atoms with E-state index in [4.69, 9.17) is 4.74 Å². The van der Waals surface area contributed by atoms with Gasteiger partial charge in [0.15, 0.2) is 0 Å². The maximum Gasteiger partial charge on any atom is 0.324 e. The molecule has 1 aliphatic heterocycles. The maximum absolute atomic E-state index is 12.1. The molecule has 1 saturated heterocycles. The normalized spacial score (nSPS) is 15.2. The van der Waals surface area contributed by atoms with Crippen molar-refractivity contribution in [2.45, 2.75) is 19.8 Å². The lowest BCUT2D eigenvalue weighted by Crippen LogP contribution is -2.47. The van der Waals surface area contributed by atoms with Crippen LogP contribution in [0.1, 0.15) is 30.1 Å². The third-order valence-corrected chi connectivity index (χ3v) is 3.66. The molecule has 6 heteroatoms. The van der Waals surface area contributed by atoms with Crippen molar-refractivity contribution in [3.05, 3.63) is 35.9 Å². The topological polar surface area (TPSA) is 75.7 Å². The SMILES string of the molecule is CCOC(=O)C1CCN(C(=O)NC(=O)c2ccccc2)CC1. The Balaban J connectivity index is 1.83. The first-order chi connectivity index (χ1) is 10.6. The van der Waals surface area contributed by atoms with Gasteiger partial charge < -0.3 is 9.64 Å². The van der Waals surface area contributed by atoms with E-state index < -0.39 is 11.9 Å². The molecule has 0 spiro atoms. The van der Waals surface area contributed by atoms with E-state index in [2.05, 4.69) is 5.32 Å². The van der Waals surface area contributed by atoms with Gasteiger partial charge in [-0.2, -0.15) is 0 Å². The number of benzene rings is 1. The van der Waals surface area contributed by atoms with E-state index in [1.807, 2.05) is 0 Å². The summed E-state index contributed by atoms with van der Waals surface area (Å²) in [5.74, 6) is -0.783. The lowest BCUT2D eigenvalue weighted by Gasteiger charge is -2.30. The highest BCUT2D eigenvalue weighted by Gasteiger charge is 2.28. The molecule has 0 saturated carbocycles. The Morgan fingerprint density at radius 3 is 2.41 bits per heavy atom. The van der Waals surface area contributed by atoms with Crippen LogP contribution in [0.15, 0.2) is 30.3 Å². The summed E-state index contributed by atoms with van der Waals surface area (Å²) < 4.78 is 4.99. The fourth-order valence-electron chi connectivity index (χ4n) is 2.42. The Morgan fingerprint density at radius 1 is 1.18 bits per heavy atom. The molecule has 0 bridgehead atoms. The number of ether oxygens (including phenoxy) is 1. The minimum absolute atomic E-state index is 0.158. The fraction of sp³-hybridized carbons (Fsp3) is 0.438. The van der Waals surface area contributed by atoms with Crippen LogP contribution in [0.4, 0.5) is 4.79 Å². The number of hydrogen-bond donors (Lipinski definition) is 1. The van der Waals surface area contributed by atoms with Gasteiger partial charge in [-0.15, -0.1) is 0 Å². The van der Waals surface area contributed by atoms with Crippen LogP contribution in [-0.2, 0) is 9.53 Å². The predicted octanol–water partition coefficient (Wildman–Crippen LogP) is 1.81. The molecule has 1 heterocycles. The standard InChI is InChI=1S/C16H20N2O4/c1-2-22-15(20)13-8-10-18(11-9-13)16(21)17-14(19)12-6-4-3-5-7-12/h3-7,13H,2,8-11H2,1H3,(H,17,19,21). The first kappa shape index (κ1) is 16.0. The van der Waals surface area contributed by atoms with E-state index in [0.29, 0.717) is 38.1 Å². The molecule has 0 radical (unpaired) electrons. The van der Waals surface area contributed by atoms with Crippen LogP contribution in [0.2, 0.25) is 0 Å². The zero-order valence-corrected chi connectivity index (χ0v) is 12.6. The summed E-state index contributed by atoms with van der Waals surface area (Å²) in [5.41, 5.74) is 0.442. The van der Waals surface area contributed by atoms with Crippen molar-refractivity contribution < 1.29 is 19.1 Å². The molecular weight excluding hydrogens is 284 g/mol. The number of nitrogens with one attached hydrogen (secondary N) is 1. The van der Waals surface area contributed by atoms with Gasteiger partial charge in [-0.25, -0.2) is 4.79 Å².